The Hall–Kier alpha value is -1.55. The number of likely N-dealkylation sites (tertiary alicyclic amines) is 1. The van der Waals surface area contributed by atoms with Gasteiger partial charge in [0.15, 0.2) is 0 Å². The van der Waals surface area contributed by atoms with Crippen molar-refractivity contribution in [1.29, 1.82) is 0 Å². The highest BCUT2D eigenvalue weighted by Crippen LogP contribution is 2.50. The number of benzene rings is 1. The van der Waals surface area contributed by atoms with E-state index in [1.54, 1.807) is 0 Å². The van der Waals surface area contributed by atoms with E-state index in [-0.39, 0.29) is 17.6 Å². The van der Waals surface area contributed by atoms with E-state index in [1.165, 1.54) is 82.8 Å². The lowest BCUT2D eigenvalue weighted by Crippen LogP contribution is -2.44. The largest absolute Gasteiger partial charge is 0.453 e. The van der Waals surface area contributed by atoms with Crippen LogP contribution in [0.5, 0.6) is 0 Å². The second-order valence-corrected chi connectivity index (χ2v) is 8.56. The number of nitrogens with one attached hydrogen (secondary N) is 1. The number of methoxy groups -OCH3 is 1. The molecule has 1 aromatic rings. The van der Waals surface area contributed by atoms with E-state index in [2.05, 4.69) is 34.5 Å². The minimum absolute atomic E-state index is 0.0866. The van der Waals surface area contributed by atoms with Gasteiger partial charge in [-0.25, -0.2) is 4.79 Å². The van der Waals surface area contributed by atoms with Crippen LogP contribution in [0.15, 0.2) is 24.3 Å². The molecule has 2 fully saturated rings. The van der Waals surface area contributed by atoms with E-state index >= 15 is 0 Å². The highest BCUT2D eigenvalue weighted by Gasteiger charge is 2.45. The van der Waals surface area contributed by atoms with Gasteiger partial charge in [-0.1, -0.05) is 43.5 Å². The van der Waals surface area contributed by atoms with Crippen LogP contribution in [0.3, 0.4) is 0 Å². The van der Waals surface area contributed by atoms with Crippen molar-refractivity contribution < 1.29 is 9.53 Å². The van der Waals surface area contributed by atoms with E-state index < -0.39 is 0 Å². The van der Waals surface area contributed by atoms with E-state index in [4.69, 9.17) is 4.74 Å². The van der Waals surface area contributed by atoms with Gasteiger partial charge in [0, 0.05) is 12.0 Å². The van der Waals surface area contributed by atoms with Gasteiger partial charge in [-0.05, 0) is 62.2 Å². The summed E-state index contributed by atoms with van der Waals surface area (Å²) in [7, 11) is 1.44. The van der Waals surface area contributed by atoms with Crippen LogP contribution in [-0.4, -0.2) is 37.7 Å². The topological polar surface area (TPSA) is 41.6 Å². The smallest absolute Gasteiger partial charge is 0.407 e. The van der Waals surface area contributed by atoms with Crippen molar-refractivity contribution in [3.8, 4) is 0 Å². The molecule has 1 heterocycles. The lowest BCUT2D eigenvalue weighted by atomic mass is 9.73. The number of alkyl carbamates (subject to hydrolysis) is 1. The molecule has 1 amide bonds. The third kappa shape index (κ3) is 3.48. The lowest BCUT2D eigenvalue weighted by Gasteiger charge is -2.42. The Morgan fingerprint density at radius 3 is 2.65 bits per heavy atom. The van der Waals surface area contributed by atoms with Gasteiger partial charge in [-0.3, -0.25) is 0 Å². The third-order valence-electron chi connectivity index (χ3n) is 7.03. The molecule has 2 aliphatic carbocycles. The zero-order valence-electron chi connectivity index (χ0n) is 16.0. The van der Waals surface area contributed by atoms with Crippen molar-refractivity contribution in [2.45, 2.75) is 62.8 Å². The number of hydrogen-bond acceptors (Lipinski definition) is 3. The molecule has 1 spiro atoms. The first-order valence-corrected chi connectivity index (χ1v) is 10.4. The summed E-state index contributed by atoms with van der Waals surface area (Å²) in [6.07, 6.45) is 10.2. The molecule has 0 unspecified atom stereocenters. The van der Waals surface area contributed by atoms with E-state index in [0.29, 0.717) is 0 Å². The first-order chi connectivity index (χ1) is 12.7. The summed E-state index contributed by atoms with van der Waals surface area (Å²) in [5, 5.41) is 3.06. The van der Waals surface area contributed by atoms with Crippen LogP contribution in [0, 0.1) is 5.92 Å². The minimum atomic E-state index is -0.323. The number of carbonyl (C=O) groups is 1. The Labute approximate surface area is 157 Å². The zero-order valence-corrected chi connectivity index (χ0v) is 16.0. The maximum Gasteiger partial charge on any atom is 0.407 e. The molecule has 142 valence electrons. The molecule has 1 atom stereocenters. The Balaban J connectivity index is 1.43. The first-order valence-electron chi connectivity index (χ1n) is 10.4. The summed E-state index contributed by atoms with van der Waals surface area (Å²) >= 11 is 0. The Morgan fingerprint density at radius 1 is 1.19 bits per heavy atom. The fraction of sp³-hybridized carbons (Fsp3) is 0.682. The van der Waals surface area contributed by atoms with Crippen LogP contribution in [0.25, 0.3) is 0 Å². The standard InChI is InChI=1S/C22H32N2O2/c1-26-21(25)23-20-15-22(19-10-6-5-9-18(19)20)11-13-24(14-12-22)16-17-7-3-2-4-8-17/h5-6,9-10,17,20H,2-4,7-8,11-16H2,1H3,(H,23,25)/t20-/m0/s1. The molecule has 4 nitrogen and oxygen atoms in total. The second kappa shape index (κ2) is 7.59. The Morgan fingerprint density at radius 2 is 1.92 bits per heavy atom. The molecule has 26 heavy (non-hydrogen) atoms. The molecule has 1 saturated heterocycles. The lowest BCUT2D eigenvalue weighted by molar-refractivity contribution is 0.122. The number of ether oxygens (including phenoxy) is 1. The van der Waals surface area contributed by atoms with Gasteiger partial charge in [-0.15, -0.1) is 0 Å². The fourth-order valence-corrected chi connectivity index (χ4v) is 5.60. The predicted molar refractivity (Wildman–Crippen MR) is 103 cm³/mol. The molecule has 1 aliphatic heterocycles. The monoisotopic (exact) mass is 356 g/mol. The molecule has 0 aromatic heterocycles. The van der Waals surface area contributed by atoms with E-state index in [0.717, 1.165) is 12.3 Å². The number of piperidine rings is 1. The molecule has 0 radical (unpaired) electrons. The number of hydrogen-bond donors (Lipinski definition) is 1. The minimum Gasteiger partial charge on any atom is -0.453 e. The summed E-state index contributed by atoms with van der Waals surface area (Å²) in [4.78, 5) is 14.5. The van der Waals surface area contributed by atoms with Crippen LogP contribution in [0.4, 0.5) is 4.79 Å². The normalized spacial score (nSPS) is 25.8. The van der Waals surface area contributed by atoms with E-state index in [1.807, 2.05) is 0 Å². The molecule has 1 aromatic carbocycles. The fourth-order valence-electron chi connectivity index (χ4n) is 5.60. The average molecular weight is 357 g/mol. The van der Waals surface area contributed by atoms with Crippen LogP contribution in [-0.2, 0) is 10.2 Å². The predicted octanol–water partition coefficient (Wildman–Crippen LogP) is 4.40. The van der Waals surface area contributed by atoms with Gasteiger partial charge in [0.1, 0.15) is 0 Å². The maximum atomic E-state index is 11.8. The number of nitrogens with zero attached hydrogens (tertiary/aromatic N) is 1. The molecule has 0 bridgehead atoms. The van der Waals surface area contributed by atoms with Crippen LogP contribution < -0.4 is 5.32 Å². The van der Waals surface area contributed by atoms with E-state index in [9.17, 15) is 4.79 Å². The van der Waals surface area contributed by atoms with Gasteiger partial charge in [0.2, 0.25) is 0 Å². The quantitative estimate of drug-likeness (QED) is 0.873. The summed E-state index contributed by atoms with van der Waals surface area (Å²) in [5.41, 5.74) is 2.98. The van der Waals surface area contributed by atoms with Crippen molar-refractivity contribution >= 4 is 6.09 Å². The second-order valence-electron chi connectivity index (χ2n) is 8.56. The van der Waals surface area contributed by atoms with Crippen molar-refractivity contribution in [2.24, 2.45) is 5.92 Å². The van der Waals surface area contributed by atoms with Gasteiger partial charge in [0.05, 0.1) is 13.2 Å². The highest BCUT2D eigenvalue weighted by molar-refractivity contribution is 5.68. The third-order valence-corrected chi connectivity index (χ3v) is 7.03. The summed E-state index contributed by atoms with van der Waals surface area (Å²) in [6, 6.07) is 8.78. The molecule has 1 N–H and O–H groups in total. The molecule has 1 saturated carbocycles. The van der Waals surface area contributed by atoms with Gasteiger partial charge in [0.25, 0.3) is 0 Å². The van der Waals surface area contributed by atoms with Crippen molar-refractivity contribution in [3.05, 3.63) is 35.4 Å². The molecular weight excluding hydrogens is 324 g/mol. The molecule has 4 rings (SSSR count). The van der Waals surface area contributed by atoms with Crippen molar-refractivity contribution in [3.63, 3.8) is 0 Å². The Bertz CT molecular complexity index is 631. The number of fused-ring (bicyclic) bond motifs is 2. The van der Waals surface area contributed by atoms with Crippen molar-refractivity contribution in [2.75, 3.05) is 26.7 Å². The number of amides is 1. The molecule has 3 aliphatic rings. The zero-order chi connectivity index (χ0) is 18.0. The number of rotatable bonds is 3. The molecule has 4 heteroatoms. The molecular formula is C22H32N2O2. The van der Waals surface area contributed by atoms with Gasteiger partial charge >= 0.3 is 6.09 Å². The summed E-state index contributed by atoms with van der Waals surface area (Å²) in [5.74, 6) is 0.919. The number of carbonyl (C=O) groups excluding carboxylic acids is 1. The van der Waals surface area contributed by atoms with Gasteiger partial charge < -0.3 is 15.0 Å². The van der Waals surface area contributed by atoms with Crippen molar-refractivity contribution in [1.82, 2.24) is 10.2 Å². The summed E-state index contributed by atoms with van der Waals surface area (Å²) < 4.78 is 4.85. The van der Waals surface area contributed by atoms with Crippen LogP contribution >= 0.6 is 0 Å². The van der Waals surface area contributed by atoms with Crippen LogP contribution in [0.1, 0.15) is 68.5 Å². The first kappa shape index (κ1) is 17.8. The average Bonchev–Trinajstić information content (AvgIpc) is 2.98. The SMILES string of the molecule is COC(=O)N[C@H]1CC2(CCN(CC3CCCCC3)CC2)c2ccccc21. The highest BCUT2D eigenvalue weighted by atomic mass is 16.5. The Kier molecular flexibility index (Phi) is 5.21. The summed E-state index contributed by atoms with van der Waals surface area (Å²) in [6.45, 7) is 3.67. The maximum absolute atomic E-state index is 11.8. The van der Waals surface area contributed by atoms with Gasteiger partial charge in [-0.2, -0.15) is 0 Å². The van der Waals surface area contributed by atoms with Crippen LogP contribution in [0.2, 0.25) is 0 Å².